The Hall–Kier alpha value is -2.72. The van der Waals surface area contributed by atoms with E-state index in [1.54, 1.807) is 42.8 Å². The Morgan fingerprint density at radius 2 is 1.87 bits per heavy atom. The van der Waals surface area contributed by atoms with E-state index in [2.05, 4.69) is 15.5 Å². The van der Waals surface area contributed by atoms with Gasteiger partial charge in [-0.2, -0.15) is 0 Å². The van der Waals surface area contributed by atoms with Crippen molar-refractivity contribution in [1.82, 2.24) is 14.8 Å². The van der Waals surface area contributed by atoms with Crippen LogP contribution in [0.1, 0.15) is 12.7 Å². The van der Waals surface area contributed by atoms with Crippen LogP contribution in [0.5, 0.6) is 5.75 Å². The Bertz CT molecular complexity index is 1060. The molecule has 11 heteroatoms. The first kappa shape index (κ1) is 22.0. The second kappa shape index (κ2) is 9.40. The highest BCUT2D eigenvalue weighted by molar-refractivity contribution is 8.00. The lowest BCUT2D eigenvalue weighted by atomic mass is 10.2. The van der Waals surface area contributed by atoms with E-state index in [1.807, 2.05) is 0 Å². The van der Waals surface area contributed by atoms with Crippen LogP contribution in [0.15, 0.2) is 41.6 Å². The zero-order chi connectivity index (χ0) is 21.8. The molecule has 1 heterocycles. The molecule has 3 rings (SSSR count). The van der Waals surface area contributed by atoms with Gasteiger partial charge in [0.1, 0.15) is 12.4 Å². The third kappa shape index (κ3) is 5.06. The third-order valence-electron chi connectivity index (χ3n) is 4.05. The number of carbonyl (C=O) groups is 1. The second-order valence-corrected chi connectivity index (χ2v) is 7.92. The first-order valence-electron chi connectivity index (χ1n) is 8.64. The van der Waals surface area contributed by atoms with Gasteiger partial charge in [0.05, 0.1) is 10.9 Å². The molecule has 0 fully saturated rings. The van der Waals surface area contributed by atoms with Crippen molar-refractivity contribution in [2.75, 3.05) is 5.32 Å². The number of aromatic nitrogens is 3. The van der Waals surface area contributed by atoms with Crippen molar-refractivity contribution in [3.05, 3.63) is 64.7 Å². The predicted octanol–water partition coefficient (Wildman–Crippen LogP) is 4.58. The molecule has 0 saturated carbocycles. The largest absolute Gasteiger partial charge is 0.486 e. The summed E-state index contributed by atoms with van der Waals surface area (Å²) in [5.74, 6) is -3.91. The van der Waals surface area contributed by atoms with E-state index in [1.165, 1.54) is 0 Å². The molecule has 2 aromatic carbocycles. The molecule has 0 bridgehead atoms. The Balaban J connectivity index is 1.61. The minimum absolute atomic E-state index is 0.145. The van der Waals surface area contributed by atoms with Gasteiger partial charge in [-0.1, -0.05) is 23.4 Å². The van der Waals surface area contributed by atoms with E-state index in [9.17, 15) is 18.0 Å². The summed E-state index contributed by atoms with van der Waals surface area (Å²) in [6.07, 6.45) is 0. The van der Waals surface area contributed by atoms with Gasteiger partial charge in [-0.3, -0.25) is 4.79 Å². The summed E-state index contributed by atoms with van der Waals surface area (Å²) in [6.45, 7) is 1.71. The lowest BCUT2D eigenvalue weighted by molar-refractivity contribution is -0.115. The quantitative estimate of drug-likeness (QED) is 0.416. The van der Waals surface area contributed by atoms with E-state index in [0.29, 0.717) is 21.8 Å². The maximum atomic E-state index is 13.7. The molecule has 30 heavy (non-hydrogen) atoms. The van der Waals surface area contributed by atoms with Gasteiger partial charge in [-0.15, -0.1) is 10.2 Å². The lowest BCUT2D eigenvalue weighted by Gasteiger charge is -2.12. The van der Waals surface area contributed by atoms with Gasteiger partial charge >= 0.3 is 0 Å². The van der Waals surface area contributed by atoms with Crippen molar-refractivity contribution in [3.8, 4) is 5.75 Å². The Labute approximate surface area is 179 Å². The number of hydrogen-bond acceptors (Lipinski definition) is 5. The number of halogens is 4. The van der Waals surface area contributed by atoms with Gasteiger partial charge in [0, 0.05) is 12.1 Å². The van der Waals surface area contributed by atoms with Crippen LogP contribution >= 0.6 is 23.4 Å². The van der Waals surface area contributed by atoms with Crippen LogP contribution < -0.4 is 10.1 Å². The van der Waals surface area contributed by atoms with Crippen LogP contribution in [-0.2, 0) is 18.4 Å². The van der Waals surface area contributed by atoms with Crippen molar-refractivity contribution in [3.63, 3.8) is 0 Å². The minimum atomic E-state index is -1.65. The Kier molecular flexibility index (Phi) is 6.88. The number of nitrogens with zero attached hydrogens (tertiary/aromatic N) is 3. The fourth-order valence-corrected chi connectivity index (χ4v) is 3.28. The van der Waals surface area contributed by atoms with E-state index in [0.717, 1.165) is 23.9 Å². The predicted molar refractivity (Wildman–Crippen MR) is 107 cm³/mol. The summed E-state index contributed by atoms with van der Waals surface area (Å²) in [5.41, 5.74) is -0.443. The molecular weight excluding hydrogens is 441 g/mol. The van der Waals surface area contributed by atoms with Crippen molar-refractivity contribution in [1.29, 1.82) is 0 Å². The van der Waals surface area contributed by atoms with E-state index < -0.39 is 34.3 Å². The van der Waals surface area contributed by atoms with Crippen LogP contribution in [0.25, 0.3) is 0 Å². The smallest absolute Gasteiger partial charge is 0.237 e. The number of nitrogens with one attached hydrogen (secondary N) is 1. The fourth-order valence-electron chi connectivity index (χ4n) is 2.32. The zero-order valence-electron chi connectivity index (χ0n) is 15.8. The summed E-state index contributed by atoms with van der Waals surface area (Å²) in [5, 5.41) is 10.6. The number of rotatable bonds is 7. The average molecular weight is 457 g/mol. The minimum Gasteiger partial charge on any atom is -0.486 e. The van der Waals surface area contributed by atoms with Crippen LogP contribution in [0.4, 0.5) is 18.9 Å². The molecule has 1 aromatic heterocycles. The molecule has 0 aliphatic carbocycles. The van der Waals surface area contributed by atoms with Gasteiger partial charge < -0.3 is 14.6 Å². The SMILES string of the molecule is C[C@H](Sc1nnc(COc2ccc(Cl)cc2)n1C)C(=O)Nc1ccc(F)c(F)c1F. The lowest BCUT2D eigenvalue weighted by Crippen LogP contribution is -2.23. The first-order valence-corrected chi connectivity index (χ1v) is 9.89. The molecule has 0 spiro atoms. The maximum Gasteiger partial charge on any atom is 0.237 e. The summed E-state index contributed by atoms with van der Waals surface area (Å²) in [7, 11) is 1.71. The number of thioether (sulfide) groups is 1. The molecule has 158 valence electrons. The van der Waals surface area contributed by atoms with Crippen molar-refractivity contribution >= 4 is 35.0 Å². The molecule has 1 amide bonds. The molecule has 3 aromatic rings. The number of ether oxygens (including phenoxy) is 1. The molecule has 0 saturated heterocycles. The van der Waals surface area contributed by atoms with Gasteiger partial charge in [0.25, 0.3) is 0 Å². The summed E-state index contributed by atoms with van der Waals surface area (Å²) in [4.78, 5) is 12.3. The molecule has 0 aliphatic heterocycles. The number of carbonyl (C=O) groups excluding carboxylic acids is 1. The highest BCUT2D eigenvalue weighted by Crippen LogP contribution is 2.25. The fraction of sp³-hybridized carbons (Fsp3) is 0.211. The molecule has 0 unspecified atom stereocenters. The highest BCUT2D eigenvalue weighted by atomic mass is 35.5. The monoisotopic (exact) mass is 456 g/mol. The molecule has 1 N–H and O–H groups in total. The topological polar surface area (TPSA) is 69.0 Å². The van der Waals surface area contributed by atoms with Crippen molar-refractivity contribution < 1.29 is 22.7 Å². The molecule has 1 atom stereocenters. The van der Waals surface area contributed by atoms with E-state index >= 15 is 0 Å². The van der Waals surface area contributed by atoms with Crippen molar-refractivity contribution in [2.45, 2.75) is 23.9 Å². The summed E-state index contributed by atoms with van der Waals surface area (Å²) in [6, 6.07) is 8.53. The van der Waals surface area contributed by atoms with Crippen LogP contribution in [-0.4, -0.2) is 25.9 Å². The van der Waals surface area contributed by atoms with Gasteiger partial charge in [-0.05, 0) is 43.3 Å². The molecule has 6 nitrogen and oxygen atoms in total. The second-order valence-electron chi connectivity index (χ2n) is 6.17. The Morgan fingerprint density at radius 1 is 1.17 bits per heavy atom. The van der Waals surface area contributed by atoms with E-state index in [4.69, 9.17) is 16.3 Å². The van der Waals surface area contributed by atoms with E-state index in [-0.39, 0.29) is 6.61 Å². The van der Waals surface area contributed by atoms with Gasteiger partial charge in [-0.25, -0.2) is 13.2 Å². The number of hydrogen-bond donors (Lipinski definition) is 1. The van der Waals surface area contributed by atoms with Crippen LogP contribution in [0.2, 0.25) is 5.02 Å². The normalized spacial score (nSPS) is 11.9. The molecule has 0 aliphatic rings. The Morgan fingerprint density at radius 3 is 2.57 bits per heavy atom. The number of anilines is 1. The highest BCUT2D eigenvalue weighted by Gasteiger charge is 2.21. The maximum absolute atomic E-state index is 13.7. The zero-order valence-corrected chi connectivity index (χ0v) is 17.4. The third-order valence-corrected chi connectivity index (χ3v) is 5.44. The standard InChI is InChI=1S/C19H16ClF3N4O2S/c1-10(18(28)24-14-8-7-13(21)16(22)17(14)23)30-19-26-25-15(27(19)2)9-29-12-5-3-11(20)4-6-12/h3-8,10H,9H2,1-2H3,(H,24,28)/t10-/m0/s1. The summed E-state index contributed by atoms with van der Waals surface area (Å²) >= 11 is 6.90. The molecule has 0 radical (unpaired) electrons. The average Bonchev–Trinajstić information content (AvgIpc) is 3.07. The number of benzene rings is 2. The van der Waals surface area contributed by atoms with Crippen LogP contribution in [0, 0.1) is 17.5 Å². The van der Waals surface area contributed by atoms with Gasteiger partial charge in [0.2, 0.25) is 5.91 Å². The van der Waals surface area contributed by atoms with Crippen LogP contribution in [0.3, 0.4) is 0 Å². The van der Waals surface area contributed by atoms with Crippen molar-refractivity contribution in [2.24, 2.45) is 7.05 Å². The summed E-state index contributed by atoms with van der Waals surface area (Å²) < 4.78 is 47.4. The number of amides is 1. The molecular formula is C19H16ClF3N4O2S. The van der Waals surface area contributed by atoms with Gasteiger partial charge in [0.15, 0.2) is 28.4 Å². The first-order chi connectivity index (χ1) is 14.3.